The number of hydrogen-bond acceptors (Lipinski definition) is 24. The third-order valence-corrected chi connectivity index (χ3v) is 40.4. The number of aliphatic hydroxyl groups is 3. The maximum absolute atomic E-state index is 13.0. The Morgan fingerprint density at radius 1 is 0.569 bits per heavy atom. The van der Waals surface area contributed by atoms with Crippen LogP contribution in [0, 0.1) is 0 Å². The number of hydrogen-bond donors (Lipinski definition) is 5. The highest BCUT2D eigenvalue weighted by Crippen LogP contribution is 2.55. The van der Waals surface area contributed by atoms with Crippen molar-refractivity contribution in [3.8, 4) is 0 Å². The van der Waals surface area contributed by atoms with E-state index >= 15 is 0 Å². The third-order valence-electron chi connectivity index (χ3n) is 18.9. The van der Waals surface area contributed by atoms with E-state index in [4.69, 9.17) is 62.8 Å². The zero-order valence-corrected chi connectivity index (χ0v) is 68.1. The van der Waals surface area contributed by atoms with Gasteiger partial charge in [0.25, 0.3) is 21.9 Å². The highest BCUT2D eigenvalue weighted by atomic mass is 35.7. The highest BCUT2D eigenvalue weighted by Gasteiger charge is 2.68. The highest BCUT2D eigenvalue weighted by molar-refractivity contribution is 8.13. The molecule has 6 unspecified atom stereocenters. The number of carbonyl (C=O) groups excluding carboxylic acids is 2. The van der Waals surface area contributed by atoms with E-state index in [1.54, 1.807) is 59.2 Å². The second kappa shape index (κ2) is 33.4. The SMILES string of the molecule is C.CC(C)[Si]1(C(C)C)OCC2OC(n3cnc4c(Cl)nc(NC(=O)c5ccccc5)nc43)[C@@](O)(CCO)C2O[Si](C(C)C)(C(C)C)O1.CC(C)[Si]1(C(C)C)OCC2OC(n3cnc4c(Cl)nc(NC(=O)c5ccccc5)nc43)[C@@](O)(CCOS(C)(=O)=O)C2O[Si](C(C)C)(C(C)C)O1.CS(=O)(=O)Cl. The second-order valence-corrected chi connectivity index (χ2v) is 51.6. The van der Waals surface area contributed by atoms with Crippen molar-refractivity contribution in [2.45, 2.75) is 223 Å². The van der Waals surface area contributed by atoms with Gasteiger partial charge in [-0.15, -0.1) is 0 Å². The van der Waals surface area contributed by atoms with Crippen molar-refractivity contribution in [1.82, 2.24) is 39.0 Å². The van der Waals surface area contributed by atoms with Crippen LogP contribution in [-0.4, -0.2) is 192 Å². The number of fused-ring (bicyclic) bond motifs is 4. The van der Waals surface area contributed by atoms with Crippen LogP contribution < -0.4 is 10.6 Å². The number of halogens is 3. The molecule has 4 fully saturated rings. The summed E-state index contributed by atoms with van der Waals surface area (Å²) < 4.78 is 107. The molecule has 4 aromatic heterocycles. The zero-order valence-electron chi connectivity index (χ0n) is 60.2. The fourth-order valence-electron chi connectivity index (χ4n) is 13.9. The summed E-state index contributed by atoms with van der Waals surface area (Å²) in [6, 6.07) is 17.2. The summed E-state index contributed by atoms with van der Waals surface area (Å²) in [6.07, 6.45) is -1.24. The van der Waals surface area contributed by atoms with Gasteiger partial charge in [0.2, 0.25) is 20.9 Å². The maximum atomic E-state index is 13.0. The van der Waals surface area contributed by atoms with Crippen molar-refractivity contribution < 1.29 is 81.3 Å². The van der Waals surface area contributed by atoms with Gasteiger partial charge in [-0.1, -0.05) is 178 Å². The predicted octanol–water partition coefficient (Wildman–Crippen LogP) is 12.2. The topological polar surface area (TPSA) is 357 Å². The summed E-state index contributed by atoms with van der Waals surface area (Å²) in [4.78, 5) is 52.4. The minimum Gasteiger partial charge on any atom is -0.414 e. The molecule has 4 aliphatic heterocycles. The van der Waals surface area contributed by atoms with Gasteiger partial charge in [0.15, 0.2) is 34.1 Å². The molecule has 8 atom stereocenters. The number of rotatable bonds is 20. The predicted molar refractivity (Wildman–Crippen MR) is 399 cm³/mol. The van der Waals surface area contributed by atoms with Crippen LogP contribution in [-0.2, 0) is 58.8 Å². The smallest absolute Gasteiger partial charge is 0.335 e. The summed E-state index contributed by atoms with van der Waals surface area (Å²) >= 11 is 13.1. The molecule has 4 aliphatic rings. The molecule has 102 heavy (non-hydrogen) atoms. The molecule has 5 N–H and O–H groups in total. The molecule has 0 spiro atoms. The van der Waals surface area contributed by atoms with Crippen LogP contribution in [0.25, 0.3) is 22.3 Å². The van der Waals surface area contributed by atoms with Gasteiger partial charge in [-0.3, -0.25) is 33.5 Å². The molecule has 0 saturated carbocycles. The van der Waals surface area contributed by atoms with Crippen LogP contribution in [0.2, 0.25) is 54.6 Å². The van der Waals surface area contributed by atoms with E-state index in [9.17, 15) is 41.7 Å². The second-order valence-electron chi connectivity index (χ2n) is 28.5. The van der Waals surface area contributed by atoms with Crippen LogP contribution >= 0.6 is 33.9 Å². The number of nitrogens with zero attached hydrogens (tertiary/aromatic N) is 8. The van der Waals surface area contributed by atoms with E-state index in [0.29, 0.717) is 11.1 Å². The van der Waals surface area contributed by atoms with Gasteiger partial charge in [0.05, 0.1) is 45.0 Å². The number of imidazole rings is 2. The molecule has 4 saturated heterocycles. The summed E-state index contributed by atoms with van der Waals surface area (Å²) in [6.45, 7) is 33.2. The zero-order chi connectivity index (χ0) is 74.9. The summed E-state index contributed by atoms with van der Waals surface area (Å²) in [7, 11) is -14.7. The van der Waals surface area contributed by atoms with Gasteiger partial charge < -0.3 is 50.7 Å². The molecule has 0 radical (unpaired) electrons. The van der Waals surface area contributed by atoms with Crippen molar-refractivity contribution in [3.05, 3.63) is 94.8 Å². The number of amides is 2. The van der Waals surface area contributed by atoms with Gasteiger partial charge >= 0.3 is 34.2 Å². The summed E-state index contributed by atoms with van der Waals surface area (Å²) in [5.74, 6) is -0.984. The Hall–Kier alpha value is -4.36. The number of ether oxygens (including phenoxy) is 2. The summed E-state index contributed by atoms with van der Waals surface area (Å²) in [5, 5.41) is 41.1. The maximum Gasteiger partial charge on any atom is 0.335 e. The first kappa shape index (κ1) is 84.9. The first-order chi connectivity index (χ1) is 47.0. The quantitative estimate of drug-likeness (QED) is 0.0205. The fraction of sp³-hybridized carbons (Fsp3) is 0.631. The Morgan fingerprint density at radius 2 is 0.892 bits per heavy atom. The van der Waals surface area contributed by atoms with Gasteiger partial charge in [0.1, 0.15) is 46.7 Å². The number of anilines is 2. The lowest BCUT2D eigenvalue weighted by Crippen LogP contribution is -2.67. The van der Waals surface area contributed by atoms with E-state index in [0.717, 1.165) is 12.5 Å². The third kappa shape index (κ3) is 17.8. The molecule has 37 heteroatoms. The normalized spacial score (nSPS) is 24.7. The molecule has 28 nitrogen and oxygen atoms in total. The Balaban J connectivity index is 0.000000266. The minimum absolute atomic E-state index is 0. The molecule has 2 amide bonds. The monoisotopic (exact) mass is 1590 g/mol. The van der Waals surface area contributed by atoms with Crippen molar-refractivity contribution in [2.75, 3.05) is 49.6 Å². The number of aromatic nitrogens is 8. The molecule has 10 rings (SSSR count). The van der Waals surface area contributed by atoms with Crippen LogP contribution in [0.4, 0.5) is 11.9 Å². The van der Waals surface area contributed by atoms with Gasteiger partial charge in [-0.2, -0.15) is 28.4 Å². The number of benzene rings is 2. The minimum atomic E-state index is -3.85. The van der Waals surface area contributed by atoms with Crippen LogP contribution in [0.5, 0.6) is 0 Å². The fourth-order valence-corrected chi connectivity index (χ4v) is 37.2. The largest absolute Gasteiger partial charge is 0.414 e. The molecular formula is C65H101Cl3N10O18S2Si4. The summed E-state index contributed by atoms with van der Waals surface area (Å²) in [5.41, 5.74) is -1.61. The standard InChI is InChI=1S/C32H48ClN5O9SSi2.C31H46ClN5O7Si2.CH3ClO2S.CH4/c1-19(2)49(20(3)4)44-17-24-26(46-50(47-49,21(5)6)22(7)8)32(40,15-16-43-48(9,41)42)30(45-24)38-18-34-25-27(33)35-31(36-28(25)38)37-29(39)23-13-11-10-12-14-23;1-18(2)45(19(3)4)41-16-23-25(43-46(44-45,20(5)6)21(7)8)31(40,14-15-38)29(42-23)37-17-33-24-26(32)34-30(35-27(24)37)36-28(39)22-12-10-9-11-13-22;1-5(2,3)4;/h10-14,18-22,24,26,30,40H,15-17H2,1-9H3,(H,35,36,37,39);9-13,17-21,23,25,29,38,40H,14-16H2,1-8H3,(H,34,35,36,39);1H3;1H4/t24?,26?,30?,32-;23?,25?,29?,31-;;/m11../s1. The Morgan fingerprint density at radius 3 is 1.20 bits per heavy atom. The molecule has 2 aromatic carbocycles. The molecule has 0 bridgehead atoms. The van der Waals surface area contributed by atoms with Crippen molar-refractivity contribution in [3.63, 3.8) is 0 Å². The number of carbonyl (C=O) groups is 2. The van der Waals surface area contributed by atoms with Gasteiger partial charge in [-0.25, -0.2) is 18.4 Å². The Labute approximate surface area is 617 Å². The van der Waals surface area contributed by atoms with Crippen LogP contribution in [0.1, 0.15) is 164 Å². The lowest BCUT2D eigenvalue weighted by molar-refractivity contribution is -0.116. The number of nitrogens with one attached hydrogen (secondary N) is 2. The Bertz CT molecular complexity index is 4060. The van der Waals surface area contributed by atoms with Crippen molar-refractivity contribution in [1.29, 1.82) is 0 Å². The van der Waals surface area contributed by atoms with Crippen LogP contribution in [0.3, 0.4) is 0 Å². The van der Waals surface area contributed by atoms with E-state index in [1.165, 1.54) is 17.2 Å². The molecule has 8 heterocycles. The van der Waals surface area contributed by atoms with E-state index in [1.807, 2.05) is 6.07 Å². The van der Waals surface area contributed by atoms with Crippen LogP contribution in [0.15, 0.2) is 73.3 Å². The van der Waals surface area contributed by atoms with Gasteiger partial charge in [0, 0.05) is 41.3 Å². The Kier molecular flexibility index (Phi) is 27.8. The molecule has 6 aromatic rings. The van der Waals surface area contributed by atoms with E-state index < -0.39 is 113 Å². The first-order valence-electron chi connectivity index (χ1n) is 33.7. The van der Waals surface area contributed by atoms with Crippen molar-refractivity contribution in [2.24, 2.45) is 0 Å². The first-order valence-corrected chi connectivity index (χ1v) is 46.9. The van der Waals surface area contributed by atoms with E-state index in [2.05, 4.69) is 162 Å². The van der Waals surface area contributed by atoms with Crippen molar-refractivity contribution >= 4 is 133 Å². The lowest BCUT2D eigenvalue weighted by Gasteiger charge is -2.52. The molecule has 568 valence electrons. The average molecular weight is 1590 g/mol. The molecule has 0 aliphatic carbocycles. The van der Waals surface area contributed by atoms with E-state index in [-0.39, 0.29) is 136 Å². The number of aliphatic hydroxyl groups excluding tert-OH is 1. The molecular weight excluding hydrogens is 1490 g/mol. The van der Waals surface area contributed by atoms with Gasteiger partial charge in [-0.05, 0) is 68.6 Å². The average Bonchev–Trinajstić information content (AvgIpc) is 1.56. The lowest BCUT2D eigenvalue weighted by atomic mass is 9.90.